The topological polar surface area (TPSA) is 22.1 Å². The van der Waals surface area contributed by atoms with Gasteiger partial charge in [0.15, 0.2) is 0 Å². The second-order valence-corrected chi connectivity index (χ2v) is 3.29. The Bertz CT molecular complexity index is 307. The number of aryl methyl sites for hydroxylation is 3. The van der Waals surface area contributed by atoms with Crippen molar-refractivity contribution in [3.8, 4) is 5.75 Å². The third kappa shape index (κ3) is 1.17. The number of ether oxygens (including phenoxy) is 1. The van der Waals surface area contributed by atoms with E-state index in [1.165, 1.54) is 5.56 Å². The summed E-state index contributed by atoms with van der Waals surface area (Å²) < 4.78 is 5.55. The molecular weight excluding hydrogens is 150 g/mol. The maximum Gasteiger partial charge on any atom is 0.143 e. The van der Waals surface area contributed by atoms with Crippen molar-refractivity contribution in [2.45, 2.75) is 26.7 Å². The zero-order valence-corrected chi connectivity index (χ0v) is 7.55. The molecule has 0 unspecified atom stereocenters. The first-order valence-electron chi connectivity index (χ1n) is 4.37. The number of rotatable bonds is 0. The van der Waals surface area contributed by atoms with Gasteiger partial charge in [-0.3, -0.25) is 4.98 Å². The zero-order chi connectivity index (χ0) is 8.55. The minimum Gasteiger partial charge on any atom is -0.491 e. The summed E-state index contributed by atoms with van der Waals surface area (Å²) in [4.78, 5) is 4.36. The fourth-order valence-corrected chi connectivity index (χ4v) is 1.72. The van der Waals surface area contributed by atoms with Crippen LogP contribution in [0.1, 0.15) is 23.4 Å². The van der Waals surface area contributed by atoms with Crippen LogP contribution in [0, 0.1) is 13.8 Å². The standard InChI is InChI=1S/C10H13NO/c1-7-6-9-4-3-5-12-10(9)8(2)11-7/h6H,3-5H2,1-2H3. The number of aromatic nitrogens is 1. The lowest BCUT2D eigenvalue weighted by atomic mass is 10.1. The normalized spacial score (nSPS) is 15.2. The van der Waals surface area contributed by atoms with Crippen LogP contribution in [0.15, 0.2) is 6.07 Å². The van der Waals surface area contributed by atoms with Gasteiger partial charge in [0.05, 0.1) is 12.3 Å². The summed E-state index contributed by atoms with van der Waals surface area (Å²) in [7, 11) is 0. The average Bonchev–Trinajstić information content (AvgIpc) is 2.04. The molecule has 0 radical (unpaired) electrons. The minimum absolute atomic E-state index is 0.846. The molecule has 1 aliphatic rings. The second-order valence-electron chi connectivity index (χ2n) is 3.29. The maximum absolute atomic E-state index is 5.55. The van der Waals surface area contributed by atoms with Crippen molar-refractivity contribution < 1.29 is 4.74 Å². The second kappa shape index (κ2) is 2.77. The number of pyridine rings is 1. The first-order chi connectivity index (χ1) is 5.77. The van der Waals surface area contributed by atoms with E-state index in [0.717, 1.165) is 36.6 Å². The van der Waals surface area contributed by atoms with Crippen LogP contribution in [0.2, 0.25) is 0 Å². The van der Waals surface area contributed by atoms with Crippen LogP contribution < -0.4 is 4.74 Å². The van der Waals surface area contributed by atoms with Crippen LogP contribution in [-0.4, -0.2) is 11.6 Å². The van der Waals surface area contributed by atoms with Gasteiger partial charge in [-0.1, -0.05) is 0 Å². The van der Waals surface area contributed by atoms with Crippen molar-refractivity contribution in [2.24, 2.45) is 0 Å². The van der Waals surface area contributed by atoms with Gasteiger partial charge < -0.3 is 4.74 Å². The molecule has 1 aliphatic heterocycles. The van der Waals surface area contributed by atoms with E-state index in [0.29, 0.717) is 0 Å². The molecule has 0 saturated heterocycles. The first kappa shape index (κ1) is 7.59. The Labute approximate surface area is 72.6 Å². The van der Waals surface area contributed by atoms with Crippen LogP contribution in [0.25, 0.3) is 0 Å². The Hall–Kier alpha value is -1.05. The van der Waals surface area contributed by atoms with Gasteiger partial charge in [0.2, 0.25) is 0 Å². The molecular formula is C10H13NO. The lowest BCUT2D eigenvalue weighted by Gasteiger charge is -2.18. The predicted molar refractivity (Wildman–Crippen MR) is 47.5 cm³/mol. The Morgan fingerprint density at radius 3 is 3.08 bits per heavy atom. The molecule has 0 spiro atoms. The van der Waals surface area contributed by atoms with Crippen molar-refractivity contribution in [1.82, 2.24) is 4.98 Å². The van der Waals surface area contributed by atoms with Gasteiger partial charge >= 0.3 is 0 Å². The van der Waals surface area contributed by atoms with Gasteiger partial charge in [0.1, 0.15) is 5.75 Å². The van der Waals surface area contributed by atoms with Crippen LogP contribution >= 0.6 is 0 Å². The summed E-state index contributed by atoms with van der Waals surface area (Å²) >= 11 is 0. The number of hydrogen-bond acceptors (Lipinski definition) is 2. The van der Waals surface area contributed by atoms with Crippen molar-refractivity contribution in [3.05, 3.63) is 23.0 Å². The molecule has 1 aromatic rings. The minimum atomic E-state index is 0.846. The molecule has 0 aliphatic carbocycles. The highest BCUT2D eigenvalue weighted by molar-refractivity contribution is 5.39. The highest BCUT2D eigenvalue weighted by Gasteiger charge is 2.13. The van der Waals surface area contributed by atoms with Crippen molar-refractivity contribution in [3.63, 3.8) is 0 Å². The lowest BCUT2D eigenvalue weighted by molar-refractivity contribution is 0.284. The molecule has 0 aromatic carbocycles. The average molecular weight is 163 g/mol. The molecule has 0 N–H and O–H groups in total. The van der Waals surface area contributed by atoms with Crippen LogP contribution in [0.3, 0.4) is 0 Å². The molecule has 0 fully saturated rings. The zero-order valence-electron chi connectivity index (χ0n) is 7.55. The molecule has 0 atom stereocenters. The van der Waals surface area contributed by atoms with Gasteiger partial charge in [0, 0.05) is 5.69 Å². The Balaban J connectivity index is 2.53. The van der Waals surface area contributed by atoms with E-state index in [9.17, 15) is 0 Å². The SMILES string of the molecule is Cc1cc2c(c(C)n1)OCCC2. The van der Waals surface area contributed by atoms with E-state index in [1.54, 1.807) is 0 Å². The largest absolute Gasteiger partial charge is 0.491 e. The molecule has 0 amide bonds. The molecule has 1 aromatic heterocycles. The summed E-state index contributed by atoms with van der Waals surface area (Å²) in [6, 6.07) is 2.13. The highest BCUT2D eigenvalue weighted by Crippen LogP contribution is 2.27. The van der Waals surface area contributed by atoms with Crippen LogP contribution in [0.5, 0.6) is 5.75 Å². The lowest BCUT2D eigenvalue weighted by Crippen LogP contribution is -2.10. The summed E-state index contributed by atoms with van der Waals surface area (Å²) in [5.74, 6) is 1.02. The fourth-order valence-electron chi connectivity index (χ4n) is 1.72. The molecule has 0 bridgehead atoms. The van der Waals surface area contributed by atoms with E-state index >= 15 is 0 Å². The molecule has 12 heavy (non-hydrogen) atoms. The third-order valence-corrected chi connectivity index (χ3v) is 2.18. The van der Waals surface area contributed by atoms with Gasteiger partial charge in [0.25, 0.3) is 0 Å². The summed E-state index contributed by atoms with van der Waals surface area (Å²) in [5, 5.41) is 0. The Kier molecular flexibility index (Phi) is 1.75. The van der Waals surface area contributed by atoms with E-state index in [1.807, 2.05) is 13.8 Å². The van der Waals surface area contributed by atoms with Gasteiger partial charge in [-0.2, -0.15) is 0 Å². The molecule has 2 heterocycles. The van der Waals surface area contributed by atoms with Crippen molar-refractivity contribution >= 4 is 0 Å². The summed E-state index contributed by atoms with van der Waals surface area (Å²) in [6.45, 7) is 4.89. The number of nitrogens with zero attached hydrogens (tertiary/aromatic N) is 1. The number of fused-ring (bicyclic) bond motifs is 1. The monoisotopic (exact) mass is 163 g/mol. The van der Waals surface area contributed by atoms with Crippen LogP contribution in [-0.2, 0) is 6.42 Å². The van der Waals surface area contributed by atoms with Gasteiger partial charge in [-0.25, -0.2) is 0 Å². The van der Waals surface area contributed by atoms with E-state index < -0.39 is 0 Å². The fraction of sp³-hybridized carbons (Fsp3) is 0.500. The van der Waals surface area contributed by atoms with Crippen LogP contribution in [0.4, 0.5) is 0 Å². The number of hydrogen-bond donors (Lipinski definition) is 0. The first-order valence-corrected chi connectivity index (χ1v) is 4.37. The molecule has 0 saturated carbocycles. The van der Waals surface area contributed by atoms with Crippen molar-refractivity contribution in [1.29, 1.82) is 0 Å². The maximum atomic E-state index is 5.55. The van der Waals surface area contributed by atoms with Gasteiger partial charge in [-0.15, -0.1) is 0 Å². The van der Waals surface area contributed by atoms with Gasteiger partial charge in [-0.05, 0) is 38.3 Å². The Morgan fingerprint density at radius 2 is 2.25 bits per heavy atom. The third-order valence-electron chi connectivity index (χ3n) is 2.18. The molecule has 64 valence electrons. The van der Waals surface area contributed by atoms with E-state index in [-0.39, 0.29) is 0 Å². The molecule has 2 heteroatoms. The predicted octanol–water partition coefficient (Wildman–Crippen LogP) is 2.02. The van der Waals surface area contributed by atoms with Crippen molar-refractivity contribution in [2.75, 3.05) is 6.61 Å². The smallest absolute Gasteiger partial charge is 0.143 e. The highest BCUT2D eigenvalue weighted by atomic mass is 16.5. The van der Waals surface area contributed by atoms with E-state index in [4.69, 9.17) is 4.74 Å². The summed E-state index contributed by atoms with van der Waals surface area (Å²) in [6.07, 6.45) is 2.27. The molecule has 2 nitrogen and oxygen atoms in total. The Morgan fingerprint density at radius 1 is 1.42 bits per heavy atom. The van der Waals surface area contributed by atoms with E-state index in [2.05, 4.69) is 11.1 Å². The molecule has 2 rings (SSSR count). The quantitative estimate of drug-likeness (QED) is 0.583. The summed E-state index contributed by atoms with van der Waals surface area (Å²) in [5.41, 5.74) is 3.45.